The molecule has 9 heteroatoms. The third-order valence-corrected chi connectivity index (χ3v) is 4.22. The molecule has 1 aliphatic rings. The van der Waals surface area contributed by atoms with Crippen LogP contribution in [-0.4, -0.2) is 52.7 Å². The van der Waals surface area contributed by atoms with E-state index in [1.165, 1.54) is 13.3 Å². The van der Waals surface area contributed by atoms with Crippen LogP contribution in [0.2, 0.25) is 0 Å². The van der Waals surface area contributed by atoms with Crippen LogP contribution in [0, 0.1) is 5.41 Å². The van der Waals surface area contributed by atoms with E-state index in [0.717, 1.165) is 12.8 Å². The molecule has 0 unspecified atom stereocenters. The zero-order valence-corrected chi connectivity index (χ0v) is 12.4. The summed E-state index contributed by atoms with van der Waals surface area (Å²) in [6.45, 7) is 0.133. The molecule has 0 heterocycles. The Morgan fingerprint density at radius 1 is 1.30 bits per heavy atom. The molecule has 5 nitrogen and oxygen atoms in total. The number of halogens is 3. The lowest BCUT2D eigenvalue weighted by Gasteiger charge is -2.18. The summed E-state index contributed by atoms with van der Waals surface area (Å²) in [5.74, 6) is 0.348. The Kier molecular flexibility index (Phi) is 5.28. The van der Waals surface area contributed by atoms with Gasteiger partial charge in [0.2, 0.25) is 0 Å². The van der Waals surface area contributed by atoms with Gasteiger partial charge in [0.15, 0.2) is 5.96 Å². The van der Waals surface area contributed by atoms with Gasteiger partial charge < -0.3 is 10.6 Å². The summed E-state index contributed by atoms with van der Waals surface area (Å²) in [4.78, 5) is 3.81. The third kappa shape index (κ3) is 6.97. The second-order valence-electron chi connectivity index (χ2n) is 5.29. The molecule has 0 aromatic rings. The van der Waals surface area contributed by atoms with Crippen molar-refractivity contribution >= 4 is 15.8 Å². The second kappa shape index (κ2) is 6.19. The Hall–Kier alpha value is -0.990. The average Bonchev–Trinajstić information content (AvgIpc) is 2.99. The monoisotopic (exact) mass is 315 g/mol. The Labute approximate surface area is 116 Å². The van der Waals surface area contributed by atoms with E-state index >= 15 is 0 Å². The zero-order chi connectivity index (χ0) is 15.4. The molecule has 0 aromatic carbocycles. The Morgan fingerprint density at radius 2 is 1.90 bits per heavy atom. The van der Waals surface area contributed by atoms with Crippen LogP contribution in [0.1, 0.15) is 19.3 Å². The summed E-state index contributed by atoms with van der Waals surface area (Å²) in [5, 5.41) is 5.45. The van der Waals surface area contributed by atoms with Gasteiger partial charge in [-0.1, -0.05) is 0 Å². The van der Waals surface area contributed by atoms with E-state index < -0.39 is 22.4 Å². The second-order valence-corrected chi connectivity index (χ2v) is 7.43. The van der Waals surface area contributed by atoms with Gasteiger partial charge >= 0.3 is 6.18 Å². The highest BCUT2D eigenvalue weighted by molar-refractivity contribution is 7.90. The first kappa shape index (κ1) is 17.1. The molecule has 118 valence electrons. The summed E-state index contributed by atoms with van der Waals surface area (Å²) in [6.07, 6.45) is -2.37. The molecule has 0 saturated heterocycles. The smallest absolute Gasteiger partial charge is 0.356 e. The number of sulfone groups is 1. The van der Waals surface area contributed by atoms with E-state index in [1.807, 2.05) is 0 Å². The van der Waals surface area contributed by atoms with Crippen molar-refractivity contribution in [1.29, 1.82) is 0 Å². The van der Waals surface area contributed by atoms with Gasteiger partial charge in [-0.15, -0.1) is 0 Å². The number of alkyl halides is 3. The van der Waals surface area contributed by atoms with Crippen molar-refractivity contribution in [3.05, 3.63) is 0 Å². The average molecular weight is 315 g/mol. The van der Waals surface area contributed by atoms with Gasteiger partial charge in [0.1, 0.15) is 9.84 Å². The molecule has 0 radical (unpaired) electrons. The summed E-state index contributed by atoms with van der Waals surface area (Å²) in [6, 6.07) is 0. The third-order valence-electron chi connectivity index (χ3n) is 3.08. The van der Waals surface area contributed by atoms with E-state index in [4.69, 9.17) is 0 Å². The maximum Gasteiger partial charge on any atom is 0.390 e. The maximum absolute atomic E-state index is 12.0. The van der Waals surface area contributed by atoms with Crippen molar-refractivity contribution in [2.45, 2.75) is 25.4 Å². The Balaban J connectivity index is 2.36. The van der Waals surface area contributed by atoms with Gasteiger partial charge in [0.25, 0.3) is 0 Å². The highest BCUT2D eigenvalue weighted by atomic mass is 32.2. The number of hydrogen-bond acceptors (Lipinski definition) is 3. The van der Waals surface area contributed by atoms with Crippen LogP contribution in [0.3, 0.4) is 0 Å². The first-order chi connectivity index (χ1) is 9.05. The van der Waals surface area contributed by atoms with Crippen LogP contribution in [0.15, 0.2) is 4.99 Å². The van der Waals surface area contributed by atoms with Crippen LogP contribution in [0.25, 0.3) is 0 Å². The summed E-state index contributed by atoms with van der Waals surface area (Å²) < 4.78 is 58.6. The van der Waals surface area contributed by atoms with Crippen LogP contribution in [0.4, 0.5) is 13.2 Å². The summed E-state index contributed by atoms with van der Waals surface area (Å²) >= 11 is 0. The largest absolute Gasteiger partial charge is 0.390 e. The fourth-order valence-electron chi connectivity index (χ4n) is 1.92. The SMILES string of the molecule is CN=C(NCCC(F)(F)F)NCC1(CS(C)(=O)=O)CC1. The molecule has 0 spiro atoms. The van der Waals surface area contributed by atoms with Crippen molar-refractivity contribution in [2.24, 2.45) is 10.4 Å². The van der Waals surface area contributed by atoms with Crippen molar-refractivity contribution < 1.29 is 21.6 Å². The molecular weight excluding hydrogens is 295 g/mol. The number of nitrogens with one attached hydrogen (secondary N) is 2. The topological polar surface area (TPSA) is 70.6 Å². The lowest BCUT2D eigenvalue weighted by atomic mass is 10.1. The highest BCUT2D eigenvalue weighted by Crippen LogP contribution is 2.45. The van der Waals surface area contributed by atoms with E-state index in [0.29, 0.717) is 6.54 Å². The molecule has 1 fully saturated rings. The number of hydrogen-bond donors (Lipinski definition) is 2. The molecule has 0 bridgehead atoms. The number of guanidine groups is 1. The van der Waals surface area contributed by atoms with Gasteiger partial charge in [-0.05, 0) is 12.8 Å². The van der Waals surface area contributed by atoms with Gasteiger partial charge in [0.05, 0.1) is 12.2 Å². The molecule has 0 amide bonds. The molecule has 0 atom stereocenters. The van der Waals surface area contributed by atoms with E-state index in [1.54, 1.807) is 0 Å². The highest BCUT2D eigenvalue weighted by Gasteiger charge is 2.45. The molecule has 20 heavy (non-hydrogen) atoms. The van der Waals surface area contributed by atoms with Crippen LogP contribution in [-0.2, 0) is 9.84 Å². The Bertz CT molecular complexity index is 456. The van der Waals surface area contributed by atoms with Gasteiger partial charge in [0, 0.05) is 31.8 Å². The molecule has 0 aliphatic heterocycles. The molecule has 1 aliphatic carbocycles. The lowest BCUT2D eigenvalue weighted by molar-refractivity contribution is -0.132. The fourth-order valence-corrected chi connectivity index (χ4v) is 3.42. The minimum absolute atomic E-state index is 0.0898. The van der Waals surface area contributed by atoms with Crippen LogP contribution >= 0.6 is 0 Å². The maximum atomic E-state index is 12.0. The van der Waals surface area contributed by atoms with Crippen molar-refractivity contribution in [1.82, 2.24) is 10.6 Å². The van der Waals surface area contributed by atoms with Gasteiger partial charge in [-0.3, -0.25) is 4.99 Å². The fraction of sp³-hybridized carbons (Fsp3) is 0.909. The van der Waals surface area contributed by atoms with E-state index in [2.05, 4.69) is 15.6 Å². The van der Waals surface area contributed by atoms with Crippen molar-refractivity contribution in [3.8, 4) is 0 Å². The van der Waals surface area contributed by atoms with Gasteiger partial charge in [-0.2, -0.15) is 13.2 Å². The summed E-state index contributed by atoms with van der Waals surface area (Å²) in [5.41, 5.74) is -0.296. The van der Waals surface area contributed by atoms with Crippen molar-refractivity contribution in [2.75, 3.05) is 32.1 Å². The standard InChI is InChI=1S/C11H20F3N3O2S/c1-15-9(16-6-5-11(12,13)14)17-7-10(3-4-10)8-20(2,18)19/h3-8H2,1-2H3,(H2,15,16,17). The van der Waals surface area contributed by atoms with Crippen molar-refractivity contribution in [3.63, 3.8) is 0 Å². The summed E-state index contributed by atoms with van der Waals surface area (Å²) in [7, 11) is -1.60. The predicted octanol–water partition coefficient (Wildman–Crippen LogP) is 0.929. The number of nitrogens with zero attached hydrogens (tertiary/aromatic N) is 1. The predicted molar refractivity (Wildman–Crippen MR) is 71.4 cm³/mol. The Morgan fingerprint density at radius 3 is 2.30 bits per heavy atom. The minimum Gasteiger partial charge on any atom is -0.356 e. The number of aliphatic imine (C=N–C) groups is 1. The van der Waals surface area contributed by atoms with Crippen LogP contribution in [0.5, 0.6) is 0 Å². The zero-order valence-electron chi connectivity index (χ0n) is 11.5. The molecular formula is C11H20F3N3O2S. The first-order valence-corrected chi connectivity index (χ1v) is 8.30. The lowest BCUT2D eigenvalue weighted by Crippen LogP contribution is -2.42. The molecule has 1 saturated carbocycles. The molecule has 0 aromatic heterocycles. The van der Waals surface area contributed by atoms with Gasteiger partial charge in [-0.25, -0.2) is 8.42 Å². The quantitative estimate of drug-likeness (QED) is 0.565. The van der Waals surface area contributed by atoms with E-state index in [-0.39, 0.29) is 23.7 Å². The number of rotatable bonds is 6. The van der Waals surface area contributed by atoms with Crippen LogP contribution < -0.4 is 10.6 Å². The van der Waals surface area contributed by atoms with E-state index in [9.17, 15) is 21.6 Å². The first-order valence-electron chi connectivity index (χ1n) is 6.24. The molecule has 2 N–H and O–H groups in total. The normalized spacial score (nSPS) is 18.8. The molecule has 1 rings (SSSR count). The minimum atomic E-state index is -4.21.